The van der Waals surface area contributed by atoms with Gasteiger partial charge in [-0.3, -0.25) is 9.69 Å². The molecule has 0 aliphatic rings. The van der Waals surface area contributed by atoms with Crippen LogP contribution in [0.25, 0.3) is 0 Å². The number of hydrogen-bond donors (Lipinski definition) is 2. The number of amides is 1. The van der Waals surface area contributed by atoms with Crippen molar-refractivity contribution in [3.8, 4) is 0 Å². The summed E-state index contributed by atoms with van der Waals surface area (Å²) in [5, 5.41) is 0. The van der Waals surface area contributed by atoms with E-state index < -0.39 is 5.91 Å². The summed E-state index contributed by atoms with van der Waals surface area (Å²) in [7, 11) is 1.71. The second-order valence-electron chi connectivity index (χ2n) is 3.80. The molecule has 6 heteroatoms. The number of halogens is 1. The topological polar surface area (TPSA) is 72.3 Å². The van der Waals surface area contributed by atoms with Gasteiger partial charge < -0.3 is 11.5 Å². The van der Waals surface area contributed by atoms with Gasteiger partial charge in [-0.15, -0.1) is 0 Å². The largest absolute Gasteiger partial charge is 0.389 e. The van der Waals surface area contributed by atoms with Crippen LogP contribution >= 0.6 is 12.2 Å². The molecule has 0 atom stereocenters. The van der Waals surface area contributed by atoms with Gasteiger partial charge >= 0.3 is 0 Å². The number of hydrogen-bond acceptors (Lipinski definition) is 3. The van der Waals surface area contributed by atoms with Crippen LogP contribution in [-0.2, 0) is 11.3 Å². The maximum Gasteiger partial charge on any atom is 0.231 e. The van der Waals surface area contributed by atoms with E-state index in [4.69, 9.17) is 23.7 Å². The molecule has 92 valence electrons. The average Bonchev–Trinajstić information content (AvgIpc) is 2.15. The summed E-state index contributed by atoms with van der Waals surface area (Å²) in [6, 6.07) is 4.18. The maximum absolute atomic E-state index is 13.1. The summed E-state index contributed by atoms with van der Waals surface area (Å²) in [6.07, 6.45) is 0. The summed E-state index contributed by atoms with van der Waals surface area (Å²) < 4.78 is 13.1. The fourth-order valence-corrected chi connectivity index (χ4v) is 1.75. The van der Waals surface area contributed by atoms with E-state index in [-0.39, 0.29) is 17.4 Å². The molecule has 0 saturated heterocycles. The lowest BCUT2D eigenvalue weighted by molar-refractivity contribution is -0.118. The minimum Gasteiger partial charge on any atom is -0.389 e. The SMILES string of the molecule is CN(CC(N)=O)Cc1cc(F)ccc1C(N)=S. The summed E-state index contributed by atoms with van der Waals surface area (Å²) in [5.41, 5.74) is 11.9. The van der Waals surface area contributed by atoms with Gasteiger partial charge in [-0.05, 0) is 30.8 Å². The van der Waals surface area contributed by atoms with Gasteiger partial charge in [0.05, 0.1) is 6.54 Å². The van der Waals surface area contributed by atoms with E-state index in [9.17, 15) is 9.18 Å². The molecule has 0 radical (unpaired) electrons. The van der Waals surface area contributed by atoms with E-state index in [1.165, 1.54) is 18.2 Å². The highest BCUT2D eigenvalue weighted by atomic mass is 32.1. The number of benzene rings is 1. The lowest BCUT2D eigenvalue weighted by Crippen LogP contribution is -2.31. The van der Waals surface area contributed by atoms with Crippen LogP contribution in [0, 0.1) is 5.82 Å². The van der Waals surface area contributed by atoms with Gasteiger partial charge in [0.25, 0.3) is 0 Å². The van der Waals surface area contributed by atoms with E-state index in [0.717, 1.165) is 0 Å². The van der Waals surface area contributed by atoms with E-state index in [1.54, 1.807) is 11.9 Å². The first-order valence-corrected chi connectivity index (χ1v) is 5.36. The number of rotatable bonds is 5. The Hall–Kier alpha value is -1.53. The first kappa shape index (κ1) is 13.5. The minimum absolute atomic E-state index is 0.0906. The van der Waals surface area contributed by atoms with Crippen LogP contribution in [0.4, 0.5) is 4.39 Å². The van der Waals surface area contributed by atoms with Gasteiger partial charge in [0.2, 0.25) is 5.91 Å². The summed E-state index contributed by atoms with van der Waals surface area (Å²) in [5.74, 6) is -0.812. The van der Waals surface area contributed by atoms with E-state index in [1.807, 2.05) is 0 Å². The van der Waals surface area contributed by atoms with Crippen LogP contribution in [-0.4, -0.2) is 29.4 Å². The number of carbonyl (C=O) groups excluding carboxylic acids is 1. The van der Waals surface area contributed by atoms with Crippen LogP contribution in [0.5, 0.6) is 0 Å². The molecule has 0 fully saturated rings. The number of likely N-dealkylation sites (N-methyl/N-ethyl adjacent to an activating group) is 1. The zero-order chi connectivity index (χ0) is 13.0. The molecular weight excluding hydrogens is 241 g/mol. The van der Waals surface area contributed by atoms with Crippen LogP contribution in [0.3, 0.4) is 0 Å². The van der Waals surface area contributed by atoms with Crippen LogP contribution in [0.15, 0.2) is 18.2 Å². The van der Waals surface area contributed by atoms with Crippen molar-refractivity contribution < 1.29 is 9.18 Å². The average molecular weight is 255 g/mol. The van der Waals surface area contributed by atoms with Crippen LogP contribution in [0.2, 0.25) is 0 Å². The maximum atomic E-state index is 13.1. The lowest BCUT2D eigenvalue weighted by Gasteiger charge is -2.16. The van der Waals surface area contributed by atoms with Crippen molar-refractivity contribution in [2.24, 2.45) is 11.5 Å². The zero-order valence-corrected chi connectivity index (χ0v) is 10.3. The molecule has 0 bridgehead atoms. The van der Waals surface area contributed by atoms with Gasteiger partial charge in [-0.25, -0.2) is 4.39 Å². The van der Waals surface area contributed by atoms with Crippen molar-refractivity contribution >= 4 is 23.1 Å². The van der Waals surface area contributed by atoms with E-state index >= 15 is 0 Å². The Morgan fingerprint density at radius 3 is 2.65 bits per heavy atom. The molecule has 17 heavy (non-hydrogen) atoms. The highest BCUT2D eigenvalue weighted by Gasteiger charge is 2.10. The van der Waals surface area contributed by atoms with Gasteiger partial charge in [0, 0.05) is 12.1 Å². The standard InChI is InChI=1S/C11H14FN3OS/c1-15(6-10(13)16)5-7-4-8(12)2-3-9(7)11(14)17/h2-4H,5-6H2,1H3,(H2,13,16)(H2,14,17). The second-order valence-corrected chi connectivity index (χ2v) is 4.24. The predicted molar refractivity (Wildman–Crippen MR) is 67.8 cm³/mol. The van der Waals surface area contributed by atoms with E-state index in [2.05, 4.69) is 0 Å². The van der Waals surface area contributed by atoms with Crippen molar-refractivity contribution in [2.75, 3.05) is 13.6 Å². The van der Waals surface area contributed by atoms with Crippen molar-refractivity contribution in [1.29, 1.82) is 0 Å². The molecule has 0 heterocycles. The quantitative estimate of drug-likeness (QED) is 0.746. The van der Waals surface area contributed by atoms with E-state index in [0.29, 0.717) is 17.7 Å². The highest BCUT2D eigenvalue weighted by Crippen LogP contribution is 2.13. The van der Waals surface area contributed by atoms with Crippen LogP contribution in [0.1, 0.15) is 11.1 Å². The van der Waals surface area contributed by atoms with Gasteiger partial charge in [0.15, 0.2) is 0 Å². The molecule has 4 nitrogen and oxygen atoms in total. The van der Waals surface area contributed by atoms with Crippen molar-refractivity contribution in [1.82, 2.24) is 4.90 Å². The normalized spacial score (nSPS) is 10.5. The Morgan fingerprint density at radius 1 is 1.47 bits per heavy atom. The number of carbonyl (C=O) groups is 1. The number of primary amides is 1. The number of nitrogens with zero attached hydrogens (tertiary/aromatic N) is 1. The van der Waals surface area contributed by atoms with Gasteiger partial charge in [0.1, 0.15) is 10.8 Å². The first-order valence-electron chi connectivity index (χ1n) is 4.95. The summed E-state index contributed by atoms with van der Waals surface area (Å²) >= 11 is 4.88. The minimum atomic E-state index is -0.444. The molecule has 0 spiro atoms. The van der Waals surface area contributed by atoms with Crippen LogP contribution < -0.4 is 11.5 Å². The molecule has 0 unspecified atom stereocenters. The van der Waals surface area contributed by atoms with Gasteiger partial charge in [-0.2, -0.15) is 0 Å². The highest BCUT2D eigenvalue weighted by molar-refractivity contribution is 7.80. The van der Waals surface area contributed by atoms with Crippen molar-refractivity contribution in [3.63, 3.8) is 0 Å². The monoisotopic (exact) mass is 255 g/mol. The molecular formula is C11H14FN3OS. The Morgan fingerprint density at radius 2 is 2.12 bits per heavy atom. The fourth-order valence-electron chi connectivity index (χ4n) is 1.55. The zero-order valence-electron chi connectivity index (χ0n) is 9.44. The Kier molecular flexibility index (Phi) is 4.53. The summed E-state index contributed by atoms with van der Waals surface area (Å²) in [6.45, 7) is 0.445. The molecule has 0 aliphatic carbocycles. The third-order valence-corrected chi connectivity index (χ3v) is 2.42. The smallest absolute Gasteiger partial charge is 0.231 e. The number of thiocarbonyl (C=S) groups is 1. The molecule has 0 aromatic heterocycles. The third kappa shape index (κ3) is 4.08. The molecule has 1 rings (SSSR count). The van der Waals surface area contributed by atoms with Crippen molar-refractivity contribution in [3.05, 3.63) is 35.1 Å². The second kappa shape index (κ2) is 5.70. The molecule has 1 aromatic carbocycles. The van der Waals surface area contributed by atoms with Crippen molar-refractivity contribution in [2.45, 2.75) is 6.54 Å². The summed E-state index contributed by atoms with van der Waals surface area (Å²) in [4.78, 5) is 12.6. The predicted octanol–water partition coefficient (Wildman–Crippen LogP) is 0.377. The number of nitrogens with two attached hydrogens (primary N) is 2. The molecule has 0 saturated carbocycles. The molecule has 4 N–H and O–H groups in total. The Balaban J connectivity index is 2.92. The molecule has 1 aromatic rings. The molecule has 0 aliphatic heterocycles. The molecule has 1 amide bonds. The Labute approximate surface area is 104 Å². The first-order chi connectivity index (χ1) is 7.90. The van der Waals surface area contributed by atoms with Gasteiger partial charge in [-0.1, -0.05) is 12.2 Å². The lowest BCUT2D eigenvalue weighted by atomic mass is 10.1. The Bertz CT molecular complexity index is 450. The fraction of sp³-hybridized carbons (Fsp3) is 0.273. The third-order valence-electron chi connectivity index (χ3n) is 2.20.